The van der Waals surface area contributed by atoms with Crippen molar-refractivity contribution in [2.45, 2.75) is 12.5 Å². The van der Waals surface area contributed by atoms with Crippen molar-refractivity contribution in [1.82, 2.24) is 10.3 Å². The number of nitrogens with zero attached hydrogens (tertiary/aromatic N) is 1. The molecule has 4 rings (SSSR count). The molecule has 1 aromatic heterocycles. The standard InChI is InChI=1S/C23H19N3O2/c24-22(27)21(14-16-8-5-7-15-6-1-2-9-17(15)16)26-23(28)19-12-13-25-20-11-4-3-10-18(19)20/h1-13,21H,14H2,(H2,24,27)(H,26,28)/t21-/m1/s1. The lowest BCUT2D eigenvalue weighted by molar-refractivity contribution is -0.119. The maximum Gasteiger partial charge on any atom is 0.252 e. The second kappa shape index (κ2) is 7.48. The van der Waals surface area contributed by atoms with Crippen molar-refractivity contribution in [3.8, 4) is 0 Å². The minimum atomic E-state index is -0.815. The molecular weight excluding hydrogens is 350 g/mol. The quantitative estimate of drug-likeness (QED) is 0.566. The maximum absolute atomic E-state index is 12.9. The Morgan fingerprint density at radius 2 is 1.61 bits per heavy atom. The first kappa shape index (κ1) is 17.7. The number of aromatic nitrogens is 1. The van der Waals surface area contributed by atoms with Crippen LogP contribution < -0.4 is 11.1 Å². The molecule has 3 aromatic carbocycles. The van der Waals surface area contributed by atoms with Gasteiger partial charge in [0.1, 0.15) is 6.04 Å². The first-order valence-corrected chi connectivity index (χ1v) is 9.04. The van der Waals surface area contributed by atoms with E-state index in [2.05, 4.69) is 10.3 Å². The molecule has 0 aliphatic heterocycles. The summed E-state index contributed by atoms with van der Waals surface area (Å²) in [6.45, 7) is 0. The number of nitrogens with two attached hydrogens (primary N) is 1. The maximum atomic E-state index is 12.9. The summed E-state index contributed by atoms with van der Waals surface area (Å²) in [6.07, 6.45) is 1.91. The van der Waals surface area contributed by atoms with Gasteiger partial charge in [-0.3, -0.25) is 14.6 Å². The SMILES string of the molecule is NC(=O)[C@@H](Cc1cccc2ccccc12)NC(=O)c1ccnc2ccccc12. The van der Waals surface area contributed by atoms with Crippen LogP contribution >= 0.6 is 0 Å². The molecule has 138 valence electrons. The van der Waals surface area contributed by atoms with Gasteiger partial charge in [-0.2, -0.15) is 0 Å². The number of pyridine rings is 1. The Morgan fingerprint density at radius 1 is 0.893 bits per heavy atom. The van der Waals surface area contributed by atoms with E-state index >= 15 is 0 Å². The van der Waals surface area contributed by atoms with Crippen LogP contribution in [-0.2, 0) is 11.2 Å². The zero-order valence-corrected chi connectivity index (χ0v) is 15.1. The summed E-state index contributed by atoms with van der Waals surface area (Å²) in [5.41, 5.74) is 7.75. The number of fused-ring (bicyclic) bond motifs is 2. The summed E-state index contributed by atoms with van der Waals surface area (Å²) in [6, 6.07) is 22.1. The second-order valence-electron chi connectivity index (χ2n) is 6.65. The predicted octanol–water partition coefficient (Wildman–Crippen LogP) is 3.21. The lowest BCUT2D eigenvalue weighted by Gasteiger charge is -2.17. The van der Waals surface area contributed by atoms with E-state index in [-0.39, 0.29) is 5.91 Å². The van der Waals surface area contributed by atoms with Gasteiger partial charge in [0.25, 0.3) is 5.91 Å². The van der Waals surface area contributed by atoms with E-state index in [1.54, 1.807) is 12.3 Å². The van der Waals surface area contributed by atoms with Gasteiger partial charge in [0.15, 0.2) is 0 Å². The molecule has 5 nitrogen and oxygen atoms in total. The molecule has 3 N–H and O–H groups in total. The van der Waals surface area contributed by atoms with Gasteiger partial charge in [-0.05, 0) is 28.5 Å². The van der Waals surface area contributed by atoms with Crippen LogP contribution in [0.25, 0.3) is 21.7 Å². The van der Waals surface area contributed by atoms with Crippen molar-refractivity contribution >= 4 is 33.5 Å². The summed E-state index contributed by atoms with van der Waals surface area (Å²) >= 11 is 0. The normalized spacial score (nSPS) is 12.0. The molecule has 0 fully saturated rings. The van der Waals surface area contributed by atoms with Crippen molar-refractivity contribution in [3.05, 3.63) is 90.1 Å². The van der Waals surface area contributed by atoms with Gasteiger partial charge in [0.2, 0.25) is 5.91 Å². The van der Waals surface area contributed by atoms with Crippen LogP contribution in [0.15, 0.2) is 79.0 Å². The molecule has 5 heteroatoms. The Labute approximate surface area is 162 Å². The molecule has 0 bridgehead atoms. The fourth-order valence-corrected chi connectivity index (χ4v) is 3.44. The van der Waals surface area contributed by atoms with Gasteiger partial charge in [-0.1, -0.05) is 60.7 Å². The van der Waals surface area contributed by atoms with E-state index in [1.165, 1.54) is 0 Å². The third kappa shape index (κ3) is 3.42. The summed E-state index contributed by atoms with van der Waals surface area (Å²) < 4.78 is 0. The van der Waals surface area contributed by atoms with Gasteiger partial charge >= 0.3 is 0 Å². The zero-order chi connectivity index (χ0) is 19.5. The summed E-state index contributed by atoms with van der Waals surface area (Å²) in [4.78, 5) is 29.2. The summed E-state index contributed by atoms with van der Waals surface area (Å²) in [5, 5.41) is 5.65. The molecule has 0 aliphatic rings. The molecule has 0 radical (unpaired) electrons. The molecular formula is C23H19N3O2. The van der Waals surface area contributed by atoms with Gasteiger partial charge in [-0.25, -0.2) is 0 Å². The number of benzene rings is 3. The number of carbonyl (C=O) groups excluding carboxylic acids is 2. The average molecular weight is 369 g/mol. The van der Waals surface area contributed by atoms with Crippen molar-refractivity contribution in [2.24, 2.45) is 5.73 Å². The van der Waals surface area contributed by atoms with E-state index in [0.717, 1.165) is 27.2 Å². The third-order valence-electron chi connectivity index (χ3n) is 4.85. The zero-order valence-electron chi connectivity index (χ0n) is 15.1. The Balaban J connectivity index is 1.63. The molecule has 28 heavy (non-hydrogen) atoms. The van der Waals surface area contributed by atoms with Gasteiger partial charge in [0, 0.05) is 18.0 Å². The first-order chi connectivity index (χ1) is 13.6. The van der Waals surface area contributed by atoms with Gasteiger partial charge < -0.3 is 11.1 Å². The van der Waals surface area contributed by atoms with Crippen LogP contribution in [0.1, 0.15) is 15.9 Å². The highest BCUT2D eigenvalue weighted by Crippen LogP contribution is 2.20. The molecule has 1 heterocycles. The van der Waals surface area contributed by atoms with Crippen molar-refractivity contribution in [2.75, 3.05) is 0 Å². The monoisotopic (exact) mass is 369 g/mol. The number of nitrogens with one attached hydrogen (secondary N) is 1. The minimum absolute atomic E-state index is 0.325. The fraction of sp³-hybridized carbons (Fsp3) is 0.0870. The number of carbonyl (C=O) groups is 2. The Morgan fingerprint density at radius 3 is 2.43 bits per heavy atom. The molecule has 0 saturated carbocycles. The lowest BCUT2D eigenvalue weighted by atomic mass is 9.98. The van der Waals surface area contributed by atoms with Gasteiger partial charge in [0.05, 0.1) is 11.1 Å². The first-order valence-electron chi connectivity index (χ1n) is 9.04. The van der Waals surface area contributed by atoms with Crippen LogP contribution in [0.2, 0.25) is 0 Å². The second-order valence-corrected chi connectivity index (χ2v) is 6.65. The molecule has 0 unspecified atom stereocenters. The highest BCUT2D eigenvalue weighted by atomic mass is 16.2. The Bertz CT molecular complexity index is 1180. The number of amides is 2. The number of hydrogen-bond acceptors (Lipinski definition) is 3. The predicted molar refractivity (Wildman–Crippen MR) is 110 cm³/mol. The molecule has 1 atom stereocenters. The summed E-state index contributed by atoms with van der Waals surface area (Å²) in [7, 11) is 0. The number of hydrogen-bond donors (Lipinski definition) is 2. The largest absolute Gasteiger partial charge is 0.368 e. The van der Waals surface area contributed by atoms with Crippen LogP contribution in [0, 0.1) is 0 Å². The van der Waals surface area contributed by atoms with Crippen LogP contribution in [-0.4, -0.2) is 22.8 Å². The van der Waals surface area contributed by atoms with Gasteiger partial charge in [-0.15, -0.1) is 0 Å². The molecule has 0 saturated heterocycles. The van der Waals surface area contributed by atoms with E-state index in [9.17, 15) is 9.59 Å². The minimum Gasteiger partial charge on any atom is -0.368 e. The smallest absolute Gasteiger partial charge is 0.252 e. The van der Waals surface area contributed by atoms with Crippen LogP contribution in [0.3, 0.4) is 0 Å². The molecule has 0 aliphatic carbocycles. The average Bonchev–Trinajstić information content (AvgIpc) is 2.73. The Kier molecular flexibility index (Phi) is 4.72. The van der Waals surface area contributed by atoms with E-state index in [0.29, 0.717) is 12.0 Å². The Hall–Kier alpha value is -3.73. The highest BCUT2D eigenvalue weighted by Gasteiger charge is 2.21. The summed E-state index contributed by atoms with van der Waals surface area (Å²) in [5.74, 6) is -0.915. The lowest BCUT2D eigenvalue weighted by Crippen LogP contribution is -2.45. The molecule has 2 amide bonds. The number of para-hydroxylation sites is 1. The highest BCUT2D eigenvalue weighted by molar-refractivity contribution is 6.07. The van der Waals surface area contributed by atoms with Crippen molar-refractivity contribution in [3.63, 3.8) is 0 Å². The van der Waals surface area contributed by atoms with Crippen LogP contribution in [0.4, 0.5) is 0 Å². The fourth-order valence-electron chi connectivity index (χ4n) is 3.44. The van der Waals surface area contributed by atoms with E-state index < -0.39 is 11.9 Å². The topological polar surface area (TPSA) is 85.1 Å². The molecule has 4 aromatic rings. The van der Waals surface area contributed by atoms with Crippen molar-refractivity contribution < 1.29 is 9.59 Å². The van der Waals surface area contributed by atoms with E-state index in [1.807, 2.05) is 66.7 Å². The number of rotatable bonds is 5. The van der Waals surface area contributed by atoms with Crippen molar-refractivity contribution in [1.29, 1.82) is 0 Å². The molecule has 0 spiro atoms. The van der Waals surface area contributed by atoms with E-state index in [4.69, 9.17) is 5.73 Å². The van der Waals surface area contributed by atoms with Crippen LogP contribution in [0.5, 0.6) is 0 Å². The number of primary amides is 1. The third-order valence-corrected chi connectivity index (χ3v) is 4.85.